The van der Waals surface area contributed by atoms with Crippen LogP contribution in [0.25, 0.3) is 0 Å². The Morgan fingerprint density at radius 1 is 1.67 bits per heavy atom. The van der Waals surface area contributed by atoms with Crippen molar-refractivity contribution in [2.45, 2.75) is 38.7 Å². The van der Waals surface area contributed by atoms with Gasteiger partial charge in [-0.3, -0.25) is 9.59 Å². The van der Waals surface area contributed by atoms with E-state index in [0.717, 1.165) is 6.42 Å². The van der Waals surface area contributed by atoms with E-state index in [1.54, 1.807) is 0 Å². The fourth-order valence-electron chi connectivity index (χ4n) is 1.67. The van der Waals surface area contributed by atoms with Gasteiger partial charge in [-0.1, -0.05) is 6.92 Å². The molecule has 1 fully saturated rings. The van der Waals surface area contributed by atoms with Crippen LogP contribution in [0.1, 0.15) is 32.6 Å². The Balaban J connectivity index is 2.43. The minimum absolute atomic E-state index is 0.0230. The number of rotatable bonds is 3. The van der Waals surface area contributed by atoms with E-state index in [-0.39, 0.29) is 12.0 Å². The molecule has 12 heavy (non-hydrogen) atoms. The molecule has 0 spiro atoms. The molecule has 0 aromatic carbocycles. The maximum absolute atomic E-state index is 11.2. The Labute approximate surface area is 72.1 Å². The number of carbonyl (C=O) groups is 2. The van der Waals surface area contributed by atoms with Crippen molar-refractivity contribution in [1.29, 1.82) is 0 Å². The highest BCUT2D eigenvalue weighted by Gasteiger charge is 2.27. The van der Waals surface area contributed by atoms with Crippen molar-refractivity contribution < 1.29 is 14.3 Å². The molecule has 3 heteroatoms. The van der Waals surface area contributed by atoms with Crippen LogP contribution in [-0.2, 0) is 14.3 Å². The van der Waals surface area contributed by atoms with E-state index in [0.29, 0.717) is 31.5 Å². The lowest BCUT2D eigenvalue weighted by molar-refractivity contribution is -0.140. The fraction of sp³-hybridized carbons (Fsp3) is 0.778. The van der Waals surface area contributed by atoms with Gasteiger partial charge in [-0.2, -0.15) is 0 Å². The molecule has 3 nitrogen and oxygen atoms in total. The van der Waals surface area contributed by atoms with E-state index in [2.05, 4.69) is 0 Å². The maximum atomic E-state index is 11.2. The first-order valence-corrected chi connectivity index (χ1v) is 4.39. The number of Topliss-reactive ketones (excluding diaryl/α,β-unsaturated/α-hetero) is 1. The molecule has 0 amide bonds. The number of hydrogen-bond donors (Lipinski definition) is 0. The predicted octanol–water partition coefficient (Wildman–Crippen LogP) is 1.31. The Bertz CT molecular complexity index is 177. The molecule has 0 heterocycles. The molecule has 1 rings (SSSR count). The summed E-state index contributed by atoms with van der Waals surface area (Å²) in [6.45, 7) is 2.47. The summed E-state index contributed by atoms with van der Waals surface area (Å²) >= 11 is 0. The molecule has 0 aromatic rings. The van der Waals surface area contributed by atoms with Crippen molar-refractivity contribution >= 4 is 12.3 Å². The molecule has 1 aliphatic carbocycles. The highest BCUT2D eigenvalue weighted by Crippen LogP contribution is 2.25. The molecule has 0 aromatic heterocycles. The van der Waals surface area contributed by atoms with Gasteiger partial charge >= 0.3 is 0 Å². The maximum Gasteiger partial charge on any atom is 0.293 e. The first kappa shape index (κ1) is 9.23. The van der Waals surface area contributed by atoms with Crippen molar-refractivity contribution in [3.8, 4) is 0 Å². The summed E-state index contributed by atoms with van der Waals surface area (Å²) in [5.41, 5.74) is 0. The van der Waals surface area contributed by atoms with E-state index >= 15 is 0 Å². The second-order valence-corrected chi connectivity index (χ2v) is 3.20. The van der Waals surface area contributed by atoms with Crippen LogP contribution < -0.4 is 0 Å². The van der Waals surface area contributed by atoms with Crippen molar-refractivity contribution in [2.75, 3.05) is 0 Å². The van der Waals surface area contributed by atoms with E-state index in [4.69, 9.17) is 4.74 Å². The normalized spacial score (nSPS) is 29.9. The van der Waals surface area contributed by atoms with Crippen LogP contribution in [0.3, 0.4) is 0 Å². The Morgan fingerprint density at radius 3 is 3.00 bits per heavy atom. The molecular weight excluding hydrogens is 156 g/mol. The van der Waals surface area contributed by atoms with Gasteiger partial charge in [0.2, 0.25) is 0 Å². The predicted molar refractivity (Wildman–Crippen MR) is 43.6 cm³/mol. The zero-order chi connectivity index (χ0) is 8.97. The van der Waals surface area contributed by atoms with Crippen LogP contribution in [0.15, 0.2) is 0 Å². The molecule has 2 unspecified atom stereocenters. The van der Waals surface area contributed by atoms with Crippen LogP contribution in [0.4, 0.5) is 0 Å². The summed E-state index contributed by atoms with van der Waals surface area (Å²) in [5.74, 6) is 0.437. The third kappa shape index (κ3) is 2.06. The average Bonchev–Trinajstić information content (AvgIpc) is 2.09. The van der Waals surface area contributed by atoms with Gasteiger partial charge in [0.1, 0.15) is 11.9 Å². The van der Waals surface area contributed by atoms with Crippen molar-refractivity contribution in [3.05, 3.63) is 0 Å². The number of carbonyl (C=O) groups excluding carboxylic acids is 2. The summed E-state index contributed by atoms with van der Waals surface area (Å²) in [4.78, 5) is 21.3. The van der Waals surface area contributed by atoms with Gasteiger partial charge in [0, 0.05) is 12.3 Å². The summed E-state index contributed by atoms with van der Waals surface area (Å²) in [6, 6.07) is 0. The minimum atomic E-state index is -0.0230. The lowest BCUT2D eigenvalue weighted by Crippen LogP contribution is -2.29. The fourth-order valence-corrected chi connectivity index (χ4v) is 1.67. The van der Waals surface area contributed by atoms with Crippen molar-refractivity contribution in [3.63, 3.8) is 0 Å². The van der Waals surface area contributed by atoms with E-state index in [1.807, 2.05) is 6.92 Å². The Kier molecular flexibility index (Phi) is 3.26. The summed E-state index contributed by atoms with van der Waals surface area (Å²) in [7, 11) is 0. The lowest BCUT2D eigenvalue weighted by Gasteiger charge is -2.25. The van der Waals surface area contributed by atoms with Gasteiger partial charge in [0.05, 0.1) is 0 Å². The second-order valence-electron chi connectivity index (χ2n) is 3.20. The van der Waals surface area contributed by atoms with E-state index in [1.165, 1.54) is 0 Å². The van der Waals surface area contributed by atoms with Crippen LogP contribution in [-0.4, -0.2) is 18.4 Å². The van der Waals surface area contributed by atoms with Crippen molar-refractivity contribution in [1.82, 2.24) is 0 Å². The van der Waals surface area contributed by atoms with Crippen LogP contribution in [0, 0.1) is 5.92 Å². The molecule has 0 N–H and O–H groups in total. The molecule has 68 valence electrons. The van der Waals surface area contributed by atoms with Gasteiger partial charge in [0.25, 0.3) is 6.47 Å². The quantitative estimate of drug-likeness (QED) is 0.600. The molecule has 1 aliphatic rings. The van der Waals surface area contributed by atoms with Crippen LogP contribution in [0.2, 0.25) is 0 Å². The SMILES string of the molecule is CCC1CC(OC=O)CCC1=O. The highest BCUT2D eigenvalue weighted by molar-refractivity contribution is 5.81. The summed E-state index contributed by atoms with van der Waals surface area (Å²) in [5, 5.41) is 0. The third-order valence-corrected chi connectivity index (χ3v) is 2.46. The zero-order valence-electron chi connectivity index (χ0n) is 7.29. The first-order chi connectivity index (χ1) is 5.77. The van der Waals surface area contributed by atoms with E-state index < -0.39 is 0 Å². The molecule has 2 atom stereocenters. The van der Waals surface area contributed by atoms with Crippen LogP contribution in [0.5, 0.6) is 0 Å². The Hall–Kier alpha value is -0.860. The average molecular weight is 170 g/mol. The number of hydrogen-bond acceptors (Lipinski definition) is 3. The molecule has 0 radical (unpaired) electrons. The number of ketones is 1. The Morgan fingerprint density at radius 2 is 2.42 bits per heavy atom. The van der Waals surface area contributed by atoms with Gasteiger partial charge in [-0.25, -0.2) is 0 Å². The molecule has 0 aliphatic heterocycles. The monoisotopic (exact) mass is 170 g/mol. The van der Waals surface area contributed by atoms with Gasteiger partial charge < -0.3 is 4.74 Å². The number of ether oxygens (including phenoxy) is 1. The van der Waals surface area contributed by atoms with Crippen LogP contribution >= 0.6 is 0 Å². The van der Waals surface area contributed by atoms with E-state index in [9.17, 15) is 9.59 Å². The topological polar surface area (TPSA) is 43.4 Å². The summed E-state index contributed by atoms with van der Waals surface area (Å²) < 4.78 is 4.83. The first-order valence-electron chi connectivity index (χ1n) is 4.39. The lowest BCUT2D eigenvalue weighted by atomic mass is 9.84. The summed E-state index contributed by atoms with van der Waals surface area (Å²) in [6.07, 6.45) is 2.82. The molecular formula is C9H14O3. The van der Waals surface area contributed by atoms with Gasteiger partial charge in [-0.15, -0.1) is 0 Å². The smallest absolute Gasteiger partial charge is 0.293 e. The van der Waals surface area contributed by atoms with Gasteiger partial charge in [-0.05, 0) is 19.3 Å². The largest absolute Gasteiger partial charge is 0.465 e. The third-order valence-electron chi connectivity index (χ3n) is 2.46. The molecule has 0 bridgehead atoms. The minimum Gasteiger partial charge on any atom is -0.465 e. The standard InChI is InChI=1S/C9H14O3/c1-2-7-5-8(12-6-10)3-4-9(7)11/h6-8H,2-5H2,1H3. The zero-order valence-corrected chi connectivity index (χ0v) is 7.29. The second kappa shape index (κ2) is 4.24. The molecule has 0 saturated heterocycles. The molecule has 1 saturated carbocycles. The van der Waals surface area contributed by atoms with Gasteiger partial charge in [0.15, 0.2) is 0 Å². The highest BCUT2D eigenvalue weighted by atomic mass is 16.5. The van der Waals surface area contributed by atoms with Crippen molar-refractivity contribution in [2.24, 2.45) is 5.92 Å².